The second-order valence-corrected chi connectivity index (χ2v) is 4.85. The van der Waals surface area contributed by atoms with Crippen molar-refractivity contribution in [1.82, 2.24) is 5.32 Å². The maximum atomic E-state index is 3.65. The molecule has 0 aromatic heterocycles. The van der Waals surface area contributed by atoms with E-state index in [2.05, 4.69) is 19.2 Å². The minimum atomic E-state index is 0.744. The molecule has 0 aromatic rings. The van der Waals surface area contributed by atoms with Gasteiger partial charge < -0.3 is 5.32 Å². The van der Waals surface area contributed by atoms with Crippen molar-refractivity contribution in [3.63, 3.8) is 0 Å². The molecule has 0 radical (unpaired) electrons. The van der Waals surface area contributed by atoms with Gasteiger partial charge in [-0.15, -0.1) is 0 Å². The molecule has 1 heteroatoms. The van der Waals surface area contributed by atoms with Crippen LogP contribution in [0.15, 0.2) is 0 Å². The number of rotatable bonds is 4. The lowest BCUT2D eigenvalue weighted by Crippen LogP contribution is -2.34. The smallest absolute Gasteiger partial charge is 0.00669 e. The Kier molecular flexibility index (Phi) is 6.25. The zero-order valence-electron chi connectivity index (χ0n) is 10.0. The summed E-state index contributed by atoms with van der Waals surface area (Å²) >= 11 is 0. The second-order valence-electron chi connectivity index (χ2n) is 4.85. The van der Waals surface area contributed by atoms with Gasteiger partial charge in [-0.25, -0.2) is 0 Å². The first-order valence-corrected chi connectivity index (χ1v) is 6.58. The van der Waals surface area contributed by atoms with Crippen LogP contribution in [0.25, 0.3) is 0 Å². The summed E-state index contributed by atoms with van der Waals surface area (Å²) in [6, 6.07) is 0.744. The molecule has 0 bridgehead atoms. The molecule has 1 fully saturated rings. The van der Waals surface area contributed by atoms with Crippen molar-refractivity contribution in [2.24, 2.45) is 5.92 Å². The van der Waals surface area contributed by atoms with Crippen LogP contribution in [0.2, 0.25) is 0 Å². The summed E-state index contributed by atoms with van der Waals surface area (Å²) in [6.45, 7) is 5.82. The monoisotopic (exact) mass is 197 g/mol. The number of hydrogen-bond acceptors (Lipinski definition) is 1. The molecule has 0 aromatic carbocycles. The van der Waals surface area contributed by atoms with Gasteiger partial charge in [0.05, 0.1) is 0 Å². The fraction of sp³-hybridized carbons (Fsp3) is 1.00. The lowest BCUT2D eigenvalue weighted by molar-refractivity contribution is 0.299. The average molecular weight is 197 g/mol. The molecule has 1 N–H and O–H groups in total. The fourth-order valence-electron chi connectivity index (χ4n) is 2.53. The van der Waals surface area contributed by atoms with Crippen molar-refractivity contribution in [2.75, 3.05) is 6.54 Å². The third kappa shape index (κ3) is 4.45. The van der Waals surface area contributed by atoms with E-state index < -0.39 is 0 Å². The van der Waals surface area contributed by atoms with E-state index in [0.717, 1.165) is 12.0 Å². The van der Waals surface area contributed by atoms with E-state index in [9.17, 15) is 0 Å². The maximum absolute atomic E-state index is 3.65. The predicted octanol–water partition coefficient (Wildman–Crippen LogP) is 3.74. The van der Waals surface area contributed by atoms with Crippen LogP contribution in [0.3, 0.4) is 0 Å². The van der Waals surface area contributed by atoms with E-state index in [1.807, 2.05) is 0 Å². The standard InChI is InChI=1S/C13H27N/c1-3-11-14-12(2)13-9-7-5-4-6-8-10-13/h12-14H,3-11H2,1-2H3. The molecule has 84 valence electrons. The molecular formula is C13H27N. The van der Waals surface area contributed by atoms with Gasteiger partial charge in [-0.3, -0.25) is 0 Å². The van der Waals surface area contributed by atoms with E-state index in [-0.39, 0.29) is 0 Å². The first-order chi connectivity index (χ1) is 6.84. The third-order valence-corrected chi connectivity index (χ3v) is 3.57. The van der Waals surface area contributed by atoms with E-state index in [1.165, 1.54) is 57.9 Å². The van der Waals surface area contributed by atoms with E-state index in [1.54, 1.807) is 0 Å². The first-order valence-electron chi connectivity index (χ1n) is 6.58. The number of nitrogens with one attached hydrogen (secondary N) is 1. The van der Waals surface area contributed by atoms with Crippen LogP contribution >= 0.6 is 0 Å². The van der Waals surface area contributed by atoms with Crippen molar-refractivity contribution < 1.29 is 0 Å². The Morgan fingerprint density at radius 3 is 2.21 bits per heavy atom. The highest BCUT2D eigenvalue weighted by molar-refractivity contribution is 4.73. The van der Waals surface area contributed by atoms with Gasteiger partial charge >= 0.3 is 0 Å². The lowest BCUT2D eigenvalue weighted by Gasteiger charge is -2.26. The predicted molar refractivity (Wildman–Crippen MR) is 63.6 cm³/mol. The molecule has 0 spiro atoms. The molecule has 0 amide bonds. The zero-order valence-corrected chi connectivity index (χ0v) is 10.0. The highest BCUT2D eigenvalue weighted by atomic mass is 14.9. The van der Waals surface area contributed by atoms with Crippen LogP contribution in [0.5, 0.6) is 0 Å². The average Bonchev–Trinajstić information content (AvgIpc) is 2.13. The van der Waals surface area contributed by atoms with Crippen LogP contribution in [-0.4, -0.2) is 12.6 Å². The van der Waals surface area contributed by atoms with Crippen LogP contribution in [0.4, 0.5) is 0 Å². The third-order valence-electron chi connectivity index (χ3n) is 3.57. The number of hydrogen-bond donors (Lipinski definition) is 1. The van der Waals surface area contributed by atoms with Gasteiger partial charge in [0.25, 0.3) is 0 Å². The van der Waals surface area contributed by atoms with E-state index in [0.29, 0.717) is 0 Å². The molecule has 1 aliphatic rings. The summed E-state index contributed by atoms with van der Waals surface area (Å²) in [5.41, 5.74) is 0. The Balaban J connectivity index is 2.23. The normalized spacial score (nSPS) is 22.7. The van der Waals surface area contributed by atoms with Crippen molar-refractivity contribution in [1.29, 1.82) is 0 Å². The quantitative estimate of drug-likeness (QED) is 0.724. The van der Waals surface area contributed by atoms with Gasteiger partial charge in [0.1, 0.15) is 0 Å². The van der Waals surface area contributed by atoms with Crippen LogP contribution in [0.1, 0.15) is 65.2 Å². The maximum Gasteiger partial charge on any atom is 0.00669 e. The molecule has 1 rings (SSSR count). The summed E-state index contributed by atoms with van der Waals surface area (Å²) in [6.07, 6.45) is 11.5. The Bertz CT molecular complexity index is 125. The zero-order chi connectivity index (χ0) is 10.2. The largest absolute Gasteiger partial charge is 0.314 e. The molecule has 1 nitrogen and oxygen atoms in total. The summed E-state index contributed by atoms with van der Waals surface area (Å²) in [7, 11) is 0. The molecule has 1 unspecified atom stereocenters. The summed E-state index contributed by atoms with van der Waals surface area (Å²) in [5.74, 6) is 0.946. The highest BCUT2D eigenvalue weighted by Gasteiger charge is 2.17. The summed E-state index contributed by atoms with van der Waals surface area (Å²) < 4.78 is 0. The molecular weight excluding hydrogens is 170 g/mol. The Morgan fingerprint density at radius 2 is 1.64 bits per heavy atom. The summed E-state index contributed by atoms with van der Waals surface area (Å²) in [4.78, 5) is 0. The van der Waals surface area contributed by atoms with Gasteiger partial charge in [-0.1, -0.05) is 39.0 Å². The van der Waals surface area contributed by atoms with Crippen molar-refractivity contribution >= 4 is 0 Å². The minimum Gasteiger partial charge on any atom is -0.314 e. The first kappa shape index (κ1) is 12.0. The molecule has 1 aliphatic carbocycles. The van der Waals surface area contributed by atoms with E-state index in [4.69, 9.17) is 0 Å². The highest BCUT2D eigenvalue weighted by Crippen LogP contribution is 2.24. The van der Waals surface area contributed by atoms with Crippen molar-refractivity contribution in [2.45, 2.75) is 71.3 Å². The van der Waals surface area contributed by atoms with Crippen molar-refractivity contribution in [3.8, 4) is 0 Å². The Labute approximate surface area is 89.7 Å². The second kappa shape index (κ2) is 7.28. The van der Waals surface area contributed by atoms with Gasteiger partial charge in [0.2, 0.25) is 0 Å². The van der Waals surface area contributed by atoms with Gasteiger partial charge in [0.15, 0.2) is 0 Å². The van der Waals surface area contributed by atoms with Crippen LogP contribution in [-0.2, 0) is 0 Å². The Hall–Kier alpha value is -0.0400. The fourth-order valence-corrected chi connectivity index (χ4v) is 2.53. The topological polar surface area (TPSA) is 12.0 Å². The molecule has 1 atom stereocenters. The summed E-state index contributed by atoms with van der Waals surface area (Å²) in [5, 5.41) is 3.65. The lowest BCUT2D eigenvalue weighted by atomic mass is 9.86. The Morgan fingerprint density at radius 1 is 1.07 bits per heavy atom. The van der Waals surface area contributed by atoms with Gasteiger partial charge in [-0.05, 0) is 38.6 Å². The van der Waals surface area contributed by atoms with Crippen LogP contribution in [0, 0.1) is 5.92 Å². The molecule has 1 saturated carbocycles. The SMILES string of the molecule is CCCNC(C)C1CCCCCCC1. The van der Waals surface area contributed by atoms with Crippen molar-refractivity contribution in [3.05, 3.63) is 0 Å². The molecule has 14 heavy (non-hydrogen) atoms. The van der Waals surface area contributed by atoms with Gasteiger partial charge in [0, 0.05) is 6.04 Å². The molecule has 0 heterocycles. The van der Waals surface area contributed by atoms with Crippen LogP contribution < -0.4 is 5.32 Å². The van der Waals surface area contributed by atoms with Gasteiger partial charge in [-0.2, -0.15) is 0 Å². The molecule has 0 saturated heterocycles. The minimum absolute atomic E-state index is 0.744. The molecule has 0 aliphatic heterocycles. The van der Waals surface area contributed by atoms with E-state index >= 15 is 0 Å².